The zero-order chi connectivity index (χ0) is 15.4. The number of benzene rings is 1. The highest BCUT2D eigenvalue weighted by Gasteiger charge is 2.30. The number of halogens is 2. The molecule has 1 atom stereocenters. The van der Waals surface area contributed by atoms with Crippen molar-refractivity contribution in [3.05, 3.63) is 34.3 Å². The third kappa shape index (κ3) is 4.94. The molecule has 1 amide bonds. The maximum Gasteiger partial charge on any atom is 0.223 e. The van der Waals surface area contributed by atoms with E-state index in [0.717, 1.165) is 55.7 Å². The average Bonchev–Trinajstić information content (AvgIpc) is 3.04. The van der Waals surface area contributed by atoms with E-state index in [1.807, 2.05) is 0 Å². The maximum atomic E-state index is 12.6. The number of piperidine rings is 1. The first kappa shape index (κ1) is 18.8. The van der Waals surface area contributed by atoms with Crippen LogP contribution >= 0.6 is 28.3 Å². The second-order valence-corrected chi connectivity index (χ2v) is 7.44. The van der Waals surface area contributed by atoms with Crippen molar-refractivity contribution >= 4 is 34.2 Å². The Morgan fingerprint density at radius 3 is 2.57 bits per heavy atom. The summed E-state index contributed by atoms with van der Waals surface area (Å²) in [5, 5.41) is 3.39. The number of hydrogen-bond donors (Lipinski definition) is 1. The highest BCUT2D eigenvalue weighted by molar-refractivity contribution is 9.10. The molecular weight excluding hydrogens is 376 g/mol. The minimum Gasteiger partial charge on any atom is -0.336 e. The Hall–Kier alpha value is -0.580. The Balaban J connectivity index is 0.00000192. The van der Waals surface area contributed by atoms with Gasteiger partial charge in [0.15, 0.2) is 0 Å². The fourth-order valence-electron chi connectivity index (χ4n) is 3.74. The minimum absolute atomic E-state index is 0. The van der Waals surface area contributed by atoms with Crippen LogP contribution in [0.5, 0.6) is 0 Å². The Morgan fingerprint density at radius 1 is 1.17 bits per heavy atom. The van der Waals surface area contributed by atoms with Gasteiger partial charge in [0.2, 0.25) is 5.91 Å². The van der Waals surface area contributed by atoms with Gasteiger partial charge in [0.1, 0.15) is 0 Å². The van der Waals surface area contributed by atoms with E-state index in [0.29, 0.717) is 5.91 Å². The summed E-state index contributed by atoms with van der Waals surface area (Å²) in [4.78, 5) is 14.8. The molecule has 0 aliphatic carbocycles. The molecule has 1 N–H and O–H groups in total. The van der Waals surface area contributed by atoms with Gasteiger partial charge in [-0.25, -0.2) is 0 Å². The van der Waals surface area contributed by atoms with Gasteiger partial charge in [-0.05, 0) is 68.8 Å². The first-order valence-corrected chi connectivity index (χ1v) is 9.29. The zero-order valence-electron chi connectivity index (χ0n) is 13.5. The van der Waals surface area contributed by atoms with Gasteiger partial charge in [-0.3, -0.25) is 4.79 Å². The van der Waals surface area contributed by atoms with Gasteiger partial charge in [0.25, 0.3) is 0 Å². The summed E-state index contributed by atoms with van der Waals surface area (Å²) in [5.41, 5.74) is 1.27. The third-order valence-electron chi connectivity index (χ3n) is 5.05. The molecule has 0 spiro atoms. The number of carbonyl (C=O) groups excluding carboxylic acids is 1. The molecule has 23 heavy (non-hydrogen) atoms. The first-order valence-electron chi connectivity index (χ1n) is 8.49. The number of amides is 1. The van der Waals surface area contributed by atoms with Gasteiger partial charge in [-0.1, -0.05) is 28.1 Å². The van der Waals surface area contributed by atoms with Crippen molar-refractivity contribution in [3.8, 4) is 0 Å². The predicted octanol–water partition coefficient (Wildman–Crippen LogP) is 4.31. The molecule has 2 aliphatic rings. The largest absolute Gasteiger partial charge is 0.336 e. The molecule has 0 bridgehead atoms. The summed E-state index contributed by atoms with van der Waals surface area (Å²) in [6.07, 6.45) is 6.45. The highest BCUT2D eigenvalue weighted by atomic mass is 79.9. The number of nitrogens with zero attached hydrogens (tertiary/aromatic N) is 1. The lowest BCUT2D eigenvalue weighted by atomic mass is 9.93. The van der Waals surface area contributed by atoms with Crippen molar-refractivity contribution in [1.29, 1.82) is 0 Å². The molecule has 3 nitrogen and oxygen atoms in total. The van der Waals surface area contributed by atoms with E-state index in [2.05, 4.69) is 50.4 Å². The normalized spacial score (nSPS) is 22.0. The number of hydrogen-bond acceptors (Lipinski definition) is 2. The second kappa shape index (κ2) is 9.05. The fourth-order valence-corrected chi connectivity index (χ4v) is 4.00. The number of rotatable bonds is 4. The molecule has 0 radical (unpaired) electrons. The van der Waals surface area contributed by atoms with Crippen molar-refractivity contribution in [2.75, 3.05) is 19.6 Å². The van der Waals surface area contributed by atoms with E-state index < -0.39 is 0 Å². The summed E-state index contributed by atoms with van der Waals surface area (Å²) >= 11 is 3.48. The topological polar surface area (TPSA) is 32.3 Å². The van der Waals surface area contributed by atoms with Gasteiger partial charge in [0, 0.05) is 17.4 Å². The molecule has 0 saturated carbocycles. The fraction of sp³-hybridized carbons (Fsp3) is 0.611. The van der Waals surface area contributed by atoms with Crippen LogP contribution in [0.2, 0.25) is 0 Å². The number of carbonyl (C=O) groups is 1. The smallest absolute Gasteiger partial charge is 0.223 e. The molecule has 2 fully saturated rings. The summed E-state index contributed by atoms with van der Waals surface area (Å²) in [6.45, 7) is 3.15. The van der Waals surface area contributed by atoms with Crippen LogP contribution in [0.1, 0.15) is 50.1 Å². The monoisotopic (exact) mass is 400 g/mol. The van der Waals surface area contributed by atoms with Crippen molar-refractivity contribution in [2.45, 2.75) is 44.6 Å². The van der Waals surface area contributed by atoms with Crippen LogP contribution < -0.4 is 5.32 Å². The maximum absolute atomic E-state index is 12.6. The number of nitrogens with one attached hydrogen (secondary N) is 1. The molecule has 1 unspecified atom stereocenters. The van der Waals surface area contributed by atoms with Crippen LogP contribution in [0.4, 0.5) is 0 Å². The molecule has 2 saturated heterocycles. The van der Waals surface area contributed by atoms with E-state index in [1.165, 1.54) is 18.4 Å². The quantitative estimate of drug-likeness (QED) is 0.815. The Morgan fingerprint density at radius 2 is 1.87 bits per heavy atom. The van der Waals surface area contributed by atoms with E-state index in [9.17, 15) is 4.79 Å². The van der Waals surface area contributed by atoms with E-state index in [-0.39, 0.29) is 18.4 Å². The summed E-state index contributed by atoms with van der Waals surface area (Å²) in [6, 6.07) is 8.73. The SMILES string of the molecule is Cl.O=C(CCC1CCNCC1)N1CCCC1c1ccc(Br)cc1. The zero-order valence-corrected chi connectivity index (χ0v) is 15.9. The third-order valence-corrected chi connectivity index (χ3v) is 5.58. The molecule has 1 aromatic rings. The molecule has 1 aromatic carbocycles. The molecule has 2 heterocycles. The van der Waals surface area contributed by atoms with Crippen molar-refractivity contribution in [2.24, 2.45) is 5.92 Å². The van der Waals surface area contributed by atoms with Crippen molar-refractivity contribution in [3.63, 3.8) is 0 Å². The van der Waals surface area contributed by atoms with Gasteiger partial charge in [-0.2, -0.15) is 0 Å². The Bertz CT molecular complexity index is 502. The summed E-state index contributed by atoms with van der Waals surface area (Å²) in [5.74, 6) is 1.09. The molecular formula is C18H26BrClN2O. The summed E-state index contributed by atoms with van der Waals surface area (Å²) < 4.78 is 1.10. The van der Waals surface area contributed by atoms with Crippen molar-refractivity contribution in [1.82, 2.24) is 10.2 Å². The summed E-state index contributed by atoms with van der Waals surface area (Å²) in [7, 11) is 0. The molecule has 5 heteroatoms. The Kier molecular flexibility index (Phi) is 7.38. The van der Waals surface area contributed by atoms with Crippen molar-refractivity contribution < 1.29 is 4.79 Å². The molecule has 128 valence electrons. The van der Waals surface area contributed by atoms with Gasteiger partial charge in [0.05, 0.1) is 6.04 Å². The lowest BCUT2D eigenvalue weighted by molar-refractivity contribution is -0.132. The molecule has 2 aliphatic heterocycles. The van der Waals surface area contributed by atoms with Crippen LogP contribution in [0.15, 0.2) is 28.7 Å². The lowest BCUT2D eigenvalue weighted by Gasteiger charge is -2.27. The van der Waals surface area contributed by atoms with E-state index in [4.69, 9.17) is 0 Å². The van der Waals surface area contributed by atoms with Gasteiger partial charge >= 0.3 is 0 Å². The van der Waals surface area contributed by atoms with Crippen LogP contribution in [-0.4, -0.2) is 30.4 Å². The predicted molar refractivity (Wildman–Crippen MR) is 99.9 cm³/mol. The van der Waals surface area contributed by atoms with Crippen LogP contribution in [-0.2, 0) is 4.79 Å². The first-order chi connectivity index (χ1) is 10.7. The highest BCUT2D eigenvalue weighted by Crippen LogP contribution is 2.33. The average molecular weight is 402 g/mol. The van der Waals surface area contributed by atoms with Crippen LogP contribution in [0.25, 0.3) is 0 Å². The molecule has 0 aromatic heterocycles. The van der Waals surface area contributed by atoms with E-state index >= 15 is 0 Å². The van der Waals surface area contributed by atoms with E-state index in [1.54, 1.807) is 0 Å². The van der Waals surface area contributed by atoms with Crippen LogP contribution in [0.3, 0.4) is 0 Å². The standard InChI is InChI=1S/C18H25BrN2O.ClH/c19-16-6-4-15(5-7-16)17-2-1-13-21(17)18(22)8-3-14-9-11-20-12-10-14;/h4-7,14,17,20H,1-3,8-13H2;1H. The Labute approximate surface area is 153 Å². The number of likely N-dealkylation sites (tertiary alicyclic amines) is 1. The minimum atomic E-state index is 0. The molecule has 3 rings (SSSR count). The van der Waals surface area contributed by atoms with Crippen LogP contribution in [0, 0.1) is 5.92 Å². The van der Waals surface area contributed by atoms with Gasteiger partial charge in [-0.15, -0.1) is 12.4 Å². The second-order valence-electron chi connectivity index (χ2n) is 6.53. The lowest BCUT2D eigenvalue weighted by Crippen LogP contribution is -2.32. The van der Waals surface area contributed by atoms with Gasteiger partial charge < -0.3 is 10.2 Å².